The fraction of sp³-hybridized carbons (Fsp3) is 0.125. The number of sulfone groups is 1. The van der Waals surface area contributed by atoms with E-state index in [0.717, 1.165) is 0 Å². The van der Waals surface area contributed by atoms with Crippen molar-refractivity contribution in [1.82, 2.24) is 0 Å². The molecule has 0 spiro atoms. The standard InChI is InChI=1S/C16H20O2S/c1-5-9-13-15(11-7-3)19(17,18)16(12-8-4)14-10-6-2/h5-14H,1,3H2,2,4H3/b10-6-,12-8-,13-9-,15-11+,16-14+. The SMILES string of the molecule is C=C/C=C\C(=C/C=C)S(=O)(=O)C(/C=C\C)=C/C=C\C. The van der Waals surface area contributed by atoms with Crippen molar-refractivity contribution in [2.75, 3.05) is 0 Å². The van der Waals surface area contributed by atoms with Crippen LogP contribution >= 0.6 is 0 Å². The normalized spacial score (nSPS) is 14.6. The van der Waals surface area contributed by atoms with Crippen LogP contribution in [0.3, 0.4) is 0 Å². The third-order valence-corrected chi connectivity index (χ3v) is 3.87. The van der Waals surface area contributed by atoms with E-state index in [1.165, 1.54) is 24.3 Å². The lowest BCUT2D eigenvalue weighted by atomic mass is 10.4. The van der Waals surface area contributed by atoms with Gasteiger partial charge in [-0.05, 0) is 38.2 Å². The van der Waals surface area contributed by atoms with Crippen molar-refractivity contribution in [3.05, 3.63) is 83.7 Å². The van der Waals surface area contributed by atoms with Crippen molar-refractivity contribution >= 4 is 9.84 Å². The Labute approximate surface area is 116 Å². The Morgan fingerprint density at radius 1 is 0.842 bits per heavy atom. The number of hydrogen-bond acceptors (Lipinski definition) is 2. The van der Waals surface area contributed by atoms with E-state index in [2.05, 4.69) is 13.2 Å². The summed E-state index contributed by atoms with van der Waals surface area (Å²) in [5, 5.41) is 0. The maximum absolute atomic E-state index is 12.5. The van der Waals surface area contributed by atoms with Crippen molar-refractivity contribution in [2.45, 2.75) is 13.8 Å². The average Bonchev–Trinajstić information content (AvgIpc) is 2.39. The van der Waals surface area contributed by atoms with Gasteiger partial charge in [-0.3, -0.25) is 0 Å². The summed E-state index contributed by atoms with van der Waals surface area (Å²) in [5.74, 6) is 0. The van der Waals surface area contributed by atoms with Gasteiger partial charge in [0.25, 0.3) is 0 Å². The maximum Gasteiger partial charge on any atom is 0.206 e. The first-order valence-electron chi connectivity index (χ1n) is 5.87. The summed E-state index contributed by atoms with van der Waals surface area (Å²) in [6, 6.07) is 0. The molecule has 0 aliphatic carbocycles. The van der Waals surface area contributed by atoms with Gasteiger partial charge in [0.1, 0.15) is 0 Å². The molecular formula is C16H20O2S. The van der Waals surface area contributed by atoms with Gasteiger partial charge in [-0.15, -0.1) is 0 Å². The molecule has 0 aliphatic heterocycles. The molecule has 0 aliphatic rings. The molecule has 0 unspecified atom stereocenters. The number of allylic oxidation sites excluding steroid dienone is 10. The van der Waals surface area contributed by atoms with Crippen LogP contribution in [0.1, 0.15) is 13.8 Å². The molecule has 0 rings (SSSR count). The molecule has 0 aromatic rings. The summed E-state index contributed by atoms with van der Waals surface area (Å²) in [5.41, 5.74) is 0. The second-order valence-corrected chi connectivity index (χ2v) is 5.45. The molecule has 0 aromatic carbocycles. The fourth-order valence-electron chi connectivity index (χ4n) is 1.24. The van der Waals surface area contributed by atoms with Gasteiger partial charge in [0, 0.05) is 0 Å². The Morgan fingerprint density at radius 2 is 1.47 bits per heavy atom. The first-order chi connectivity index (χ1) is 9.04. The Morgan fingerprint density at radius 3 is 1.95 bits per heavy atom. The number of hydrogen-bond donors (Lipinski definition) is 0. The van der Waals surface area contributed by atoms with E-state index >= 15 is 0 Å². The molecule has 0 radical (unpaired) electrons. The Hall–Kier alpha value is -1.87. The van der Waals surface area contributed by atoms with Crippen LogP contribution in [0, 0.1) is 0 Å². The molecule has 19 heavy (non-hydrogen) atoms. The Kier molecular flexibility index (Phi) is 8.22. The predicted molar refractivity (Wildman–Crippen MR) is 84.2 cm³/mol. The minimum atomic E-state index is -3.55. The van der Waals surface area contributed by atoms with Gasteiger partial charge in [0.15, 0.2) is 0 Å². The molecule has 102 valence electrons. The summed E-state index contributed by atoms with van der Waals surface area (Å²) < 4.78 is 24.9. The van der Waals surface area contributed by atoms with Gasteiger partial charge in [-0.2, -0.15) is 0 Å². The molecule has 2 nitrogen and oxygen atoms in total. The molecule has 0 atom stereocenters. The van der Waals surface area contributed by atoms with E-state index in [9.17, 15) is 8.42 Å². The highest BCUT2D eigenvalue weighted by Crippen LogP contribution is 2.20. The number of rotatable bonds is 7. The summed E-state index contributed by atoms with van der Waals surface area (Å²) >= 11 is 0. The van der Waals surface area contributed by atoms with Gasteiger partial charge < -0.3 is 0 Å². The Bertz CT molecular complexity index is 546. The van der Waals surface area contributed by atoms with Crippen LogP contribution < -0.4 is 0 Å². The van der Waals surface area contributed by atoms with Crippen molar-refractivity contribution in [1.29, 1.82) is 0 Å². The molecular weight excluding hydrogens is 256 g/mol. The van der Waals surface area contributed by atoms with Crippen molar-refractivity contribution < 1.29 is 8.42 Å². The van der Waals surface area contributed by atoms with Crippen LogP contribution in [0.2, 0.25) is 0 Å². The van der Waals surface area contributed by atoms with Gasteiger partial charge >= 0.3 is 0 Å². The zero-order valence-corrected chi connectivity index (χ0v) is 12.2. The molecule has 0 saturated heterocycles. The maximum atomic E-state index is 12.5. The lowest BCUT2D eigenvalue weighted by Crippen LogP contribution is -2.04. The topological polar surface area (TPSA) is 34.1 Å². The molecule has 0 fully saturated rings. The summed E-state index contributed by atoms with van der Waals surface area (Å²) in [4.78, 5) is 0.408. The lowest BCUT2D eigenvalue weighted by molar-refractivity contribution is 0.609. The second-order valence-electron chi connectivity index (χ2n) is 3.50. The molecule has 0 amide bonds. The summed E-state index contributed by atoms with van der Waals surface area (Å²) in [6.45, 7) is 10.7. The van der Waals surface area contributed by atoms with Crippen LogP contribution in [0.4, 0.5) is 0 Å². The molecule has 0 N–H and O–H groups in total. The van der Waals surface area contributed by atoms with Crippen LogP contribution in [0.25, 0.3) is 0 Å². The Balaban J connectivity index is 5.88. The van der Waals surface area contributed by atoms with E-state index in [0.29, 0.717) is 0 Å². The summed E-state index contributed by atoms with van der Waals surface area (Å²) in [6.07, 6.45) is 15.8. The smallest absolute Gasteiger partial charge is 0.206 e. The van der Waals surface area contributed by atoms with Gasteiger partial charge in [-0.1, -0.05) is 49.6 Å². The van der Waals surface area contributed by atoms with E-state index in [1.807, 2.05) is 6.92 Å². The van der Waals surface area contributed by atoms with E-state index in [-0.39, 0.29) is 9.81 Å². The van der Waals surface area contributed by atoms with E-state index in [1.54, 1.807) is 43.4 Å². The summed E-state index contributed by atoms with van der Waals surface area (Å²) in [7, 11) is -3.55. The highest BCUT2D eigenvalue weighted by molar-refractivity contribution is 7.99. The van der Waals surface area contributed by atoms with Crippen molar-refractivity contribution in [3.8, 4) is 0 Å². The van der Waals surface area contributed by atoms with Crippen LogP contribution in [-0.4, -0.2) is 8.42 Å². The third kappa shape index (κ3) is 5.53. The second kappa shape index (κ2) is 9.11. The van der Waals surface area contributed by atoms with Crippen LogP contribution in [0.5, 0.6) is 0 Å². The predicted octanol–water partition coefficient (Wildman–Crippen LogP) is 4.25. The van der Waals surface area contributed by atoms with E-state index < -0.39 is 9.84 Å². The van der Waals surface area contributed by atoms with Crippen LogP contribution in [-0.2, 0) is 9.84 Å². The van der Waals surface area contributed by atoms with Crippen LogP contribution in [0.15, 0.2) is 83.7 Å². The van der Waals surface area contributed by atoms with Gasteiger partial charge in [-0.25, -0.2) is 8.42 Å². The molecule has 0 saturated carbocycles. The minimum Gasteiger partial charge on any atom is -0.219 e. The first kappa shape index (κ1) is 17.1. The largest absolute Gasteiger partial charge is 0.219 e. The van der Waals surface area contributed by atoms with Crippen molar-refractivity contribution in [2.24, 2.45) is 0 Å². The molecule has 0 aromatic heterocycles. The minimum absolute atomic E-state index is 0.177. The van der Waals surface area contributed by atoms with Crippen molar-refractivity contribution in [3.63, 3.8) is 0 Å². The van der Waals surface area contributed by atoms with Gasteiger partial charge in [0.05, 0.1) is 9.81 Å². The fourth-order valence-corrected chi connectivity index (χ4v) is 2.62. The quantitative estimate of drug-likeness (QED) is 0.651. The van der Waals surface area contributed by atoms with Gasteiger partial charge in [0.2, 0.25) is 9.84 Å². The zero-order chi connectivity index (χ0) is 14.7. The first-order valence-corrected chi connectivity index (χ1v) is 7.35. The highest BCUT2D eigenvalue weighted by Gasteiger charge is 2.18. The molecule has 3 heteroatoms. The monoisotopic (exact) mass is 276 g/mol. The molecule has 0 heterocycles. The zero-order valence-electron chi connectivity index (χ0n) is 11.4. The van der Waals surface area contributed by atoms with E-state index in [4.69, 9.17) is 0 Å². The third-order valence-electron chi connectivity index (χ3n) is 2.08. The highest BCUT2D eigenvalue weighted by atomic mass is 32.2. The molecule has 0 bridgehead atoms. The lowest BCUT2D eigenvalue weighted by Gasteiger charge is -2.05. The average molecular weight is 276 g/mol.